The summed E-state index contributed by atoms with van der Waals surface area (Å²) in [5, 5.41) is 0. The molecule has 0 saturated carbocycles. The first kappa shape index (κ1) is 16.8. The molecular weight excluding hydrogens is 320 g/mol. The molecule has 25 heavy (non-hydrogen) atoms. The molecule has 5 nitrogen and oxygen atoms in total. The number of methoxy groups -OCH3 is 1. The van der Waals surface area contributed by atoms with Crippen molar-refractivity contribution in [3.8, 4) is 17.2 Å². The summed E-state index contributed by atoms with van der Waals surface area (Å²) in [5.74, 6) is 1.69. The normalized spacial score (nSPS) is 12.4. The van der Waals surface area contributed by atoms with Gasteiger partial charge in [0.25, 0.3) is 0 Å². The lowest BCUT2D eigenvalue weighted by atomic mass is 10.1. The lowest BCUT2D eigenvalue weighted by Gasteiger charge is -2.07. The summed E-state index contributed by atoms with van der Waals surface area (Å²) < 4.78 is 16.2. The molecular formula is C20H18O5. The number of ether oxygens (including phenoxy) is 3. The van der Waals surface area contributed by atoms with Gasteiger partial charge < -0.3 is 14.2 Å². The third-order valence-electron chi connectivity index (χ3n) is 3.85. The van der Waals surface area contributed by atoms with Crippen LogP contribution in [0.5, 0.6) is 17.2 Å². The summed E-state index contributed by atoms with van der Waals surface area (Å²) >= 11 is 0. The Kier molecular flexibility index (Phi) is 4.57. The SMILES string of the molecule is COc1ccc(C(=O)COc2ccc3c(c2)OC(=C(C)C)C3=O)cc1. The van der Waals surface area contributed by atoms with Gasteiger partial charge in [0.05, 0.1) is 12.7 Å². The van der Waals surface area contributed by atoms with Crippen LogP contribution in [0, 0.1) is 0 Å². The van der Waals surface area contributed by atoms with E-state index in [0.29, 0.717) is 34.1 Å². The fraction of sp³-hybridized carbons (Fsp3) is 0.200. The fourth-order valence-corrected chi connectivity index (χ4v) is 2.48. The van der Waals surface area contributed by atoms with Gasteiger partial charge in [0.15, 0.2) is 18.1 Å². The van der Waals surface area contributed by atoms with Crippen LogP contribution in [0.4, 0.5) is 0 Å². The minimum absolute atomic E-state index is 0.103. The van der Waals surface area contributed by atoms with E-state index >= 15 is 0 Å². The summed E-state index contributed by atoms with van der Waals surface area (Å²) in [6, 6.07) is 11.8. The van der Waals surface area contributed by atoms with E-state index in [9.17, 15) is 9.59 Å². The highest BCUT2D eigenvalue weighted by atomic mass is 16.5. The number of ketones is 2. The van der Waals surface area contributed by atoms with Gasteiger partial charge in [-0.15, -0.1) is 0 Å². The summed E-state index contributed by atoms with van der Waals surface area (Å²) in [6.45, 7) is 3.54. The molecule has 0 aliphatic carbocycles. The van der Waals surface area contributed by atoms with Gasteiger partial charge in [-0.05, 0) is 55.8 Å². The predicted octanol–water partition coefficient (Wildman–Crippen LogP) is 3.83. The van der Waals surface area contributed by atoms with Crippen LogP contribution < -0.4 is 14.2 Å². The molecule has 0 unspecified atom stereocenters. The van der Waals surface area contributed by atoms with E-state index in [2.05, 4.69) is 0 Å². The Morgan fingerprint density at radius 3 is 2.36 bits per heavy atom. The maximum atomic E-state index is 12.2. The van der Waals surface area contributed by atoms with Gasteiger partial charge in [0, 0.05) is 11.6 Å². The molecule has 5 heteroatoms. The van der Waals surface area contributed by atoms with Crippen LogP contribution in [0.1, 0.15) is 34.6 Å². The number of rotatable bonds is 5. The fourth-order valence-electron chi connectivity index (χ4n) is 2.48. The molecule has 0 spiro atoms. The van der Waals surface area contributed by atoms with Crippen LogP contribution in [0.15, 0.2) is 53.8 Å². The largest absolute Gasteiger partial charge is 0.497 e. The molecule has 0 bridgehead atoms. The van der Waals surface area contributed by atoms with Gasteiger partial charge in [-0.3, -0.25) is 9.59 Å². The second-order valence-electron chi connectivity index (χ2n) is 5.86. The van der Waals surface area contributed by atoms with Crippen LogP contribution in [-0.2, 0) is 0 Å². The van der Waals surface area contributed by atoms with E-state index in [1.165, 1.54) is 0 Å². The van der Waals surface area contributed by atoms with E-state index in [-0.39, 0.29) is 18.2 Å². The minimum atomic E-state index is -0.148. The minimum Gasteiger partial charge on any atom is -0.497 e. The quantitative estimate of drug-likeness (QED) is 0.612. The summed E-state index contributed by atoms with van der Waals surface area (Å²) in [4.78, 5) is 24.4. The number of Topliss-reactive ketones (excluding diaryl/α,β-unsaturated/α-hetero) is 2. The van der Waals surface area contributed by atoms with E-state index < -0.39 is 0 Å². The predicted molar refractivity (Wildman–Crippen MR) is 92.6 cm³/mol. The molecule has 0 N–H and O–H groups in total. The smallest absolute Gasteiger partial charge is 0.231 e. The van der Waals surface area contributed by atoms with Gasteiger partial charge in [-0.2, -0.15) is 0 Å². The average molecular weight is 338 g/mol. The van der Waals surface area contributed by atoms with Gasteiger partial charge in [-0.25, -0.2) is 0 Å². The van der Waals surface area contributed by atoms with E-state index in [0.717, 1.165) is 5.57 Å². The molecule has 0 atom stereocenters. The third-order valence-corrected chi connectivity index (χ3v) is 3.85. The highest BCUT2D eigenvalue weighted by molar-refractivity contribution is 6.12. The maximum absolute atomic E-state index is 12.2. The Hall–Kier alpha value is -3.08. The standard InChI is InChI=1S/C20H18O5/c1-12(2)20-19(22)16-9-8-15(10-18(16)25-20)24-11-17(21)13-4-6-14(23-3)7-5-13/h4-10H,11H2,1-3H3. The second-order valence-corrected chi connectivity index (χ2v) is 5.86. The van der Waals surface area contributed by atoms with E-state index in [1.807, 2.05) is 13.8 Å². The van der Waals surface area contributed by atoms with Crippen molar-refractivity contribution >= 4 is 11.6 Å². The summed E-state index contributed by atoms with van der Waals surface area (Å²) in [7, 11) is 1.57. The zero-order chi connectivity index (χ0) is 18.0. The van der Waals surface area contributed by atoms with Crippen LogP contribution in [-0.4, -0.2) is 25.3 Å². The number of benzene rings is 2. The Bertz CT molecular complexity index is 858. The number of hydrogen-bond donors (Lipinski definition) is 0. The van der Waals surface area contributed by atoms with Crippen molar-refractivity contribution in [2.24, 2.45) is 0 Å². The molecule has 3 rings (SSSR count). The van der Waals surface area contributed by atoms with Crippen molar-refractivity contribution in [3.63, 3.8) is 0 Å². The lowest BCUT2D eigenvalue weighted by molar-refractivity contribution is 0.0920. The van der Waals surface area contributed by atoms with Crippen LogP contribution in [0.3, 0.4) is 0 Å². The Labute approximate surface area is 145 Å². The lowest BCUT2D eigenvalue weighted by Crippen LogP contribution is -2.11. The van der Waals surface area contributed by atoms with Crippen molar-refractivity contribution < 1.29 is 23.8 Å². The number of carbonyl (C=O) groups is 2. The molecule has 2 aromatic carbocycles. The highest BCUT2D eigenvalue weighted by Gasteiger charge is 2.28. The maximum Gasteiger partial charge on any atom is 0.231 e. The number of hydrogen-bond acceptors (Lipinski definition) is 5. The van der Waals surface area contributed by atoms with Gasteiger partial charge >= 0.3 is 0 Å². The van der Waals surface area contributed by atoms with Gasteiger partial charge in [0.1, 0.15) is 17.2 Å². The average Bonchev–Trinajstić information content (AvgIpc) is 2.96. The molecule has 1 aliphatic heterocycles. The van der Waals surface area contributed by atoms with Crippen molar-refractivity contribution in [2.75, 3.05) is 13.7 Å². The summed E-state index contributed by atoms with van der Waals surface area (Å²) in [5.41, 5.74) is 1.86. The van der Waals surface area contributed by atoms with E-state index in [4.69, 9.17) is 14.2 Å². The van der Waals surface area contributed by atoms with Crippen molar-refractivity contribution in [3.05, 3.63) is 64.9 Å². The van der Waals surface area contributed by atoms with Crippen LogP contribution in [0.2, 0.25) is 0 Å². The third kappa shape index (κ3) is 3.40. The molecule has 1 heterocycles. The molecule has 0 fully saturated rings. The summed E-state index contributed by atoms with van der Waals surface area (Å²) in [6.07, 6.45) is 0. The molecule has 0 saturated heterocycles. The van der Waals surface area contributed by atoms with Crippen molar-refractivity contribution in [2.45, 2.75) is 13.8 Å². The number of fused-ring (bicyclic) bond motifs is 1. The second kappa shape index (κ2) is 6.81. The molecule has 1 aliphatic rings. The molecule has 0 aromatic heterocycles. The first-order chi connectivity index (χ1) is 12.0. The van der Waals surface area contributed by atoms with Gasteiger partial charge in [-0.1, -0.05) is 0 Å². The molecule has 0 radical (unpaired) electrons. The Morgan fingerprint density at radius 2 is 1.72 bits per heavy atom. The monoisotopic (exact) mass is 338 g/mol. The topological polar surface area (TPSA) is 61.8 Å². The van der Waals surface area contributed by atoms with Crippen LogP contribution >= 0.6 is 0 Å². The first-order valence-corrected chi connectivity index (χ1v) is 7.83. The highest BCUT2D eigenvalue weighted by Crippen LogP contribution is 2.35. The molecule has 2 aromatic rings. The number of allylic oxidation sites excluding steroid dienone is 2. The van der Waals surface area contributed by atoms with Crippen molar-refractivity contribution in [1.82, 2.24) is 0 Å². The first-order valence-electron chi connectivity index (χ1n) is 7.83. The van der Waals surface area contributed by atoms with Crippen molar-refractivity contribution in [1.29, 1.82) is 0 Å². The molecule has 0 amide bonds. The Morgan fingerprint density at radius 1 is 1.04 bits per heavy atom. The van der Waals surface area contributed by atoms with Crippen LogP contribution in [0.25, 0.3) is 0 Å². The zero-order valence-electron chi connectivity index (χ0n) is 14.3. The van der Waals surface area contributed by atoms with Gasteiger partial charge in [0.2, 0.25) is 5.78 Å². The van der Waals surface area contributed by atoms with E-state index in [1.54, 1.807) is 49.6 Å². The number of carbonyl (C=O) groups excluding carboxylic acids is 2. The Balaban J connectivity index is 1.69. The molecule has 128 valence electrons. The zero-order valence-corrected chi connectivity index (χ0v) is 14.3.